The smallest absolute Gasteiger partial charge is 0.409 e. The van der Waals surface area contributed by atoms with Gasteiger partial charge in [-0.15, -0.1) is 0 Å². The van der Waals surface area contributed by atoms with Crippen molar-refractivity contribution in [2.24, 2.45) is 0 Å². The lowest BCUT2D eigenvalue weighted by atomic mass is 10.4. The van der Waals surface area contributed by atoms with Crippen molar-refractivity contribution in [2.45, 2.75) is 19.3 Å². The number of carbonyl (C=O) groups excluding carboxylic acids is 2. The van der Waals surface area contributed by atoms with Crippen LogP contribution in [0.3, 0.4) is 0 Å². The maximum Gasteiger partial charge on any atom is 0.409 e. The van der Waals surface area contributed by atoms with Crippen LogP contribution in [-0.2, 0) is 9.53 Å². The van der Waals surface area contributed by atoms with E-state index in [1.54, 1.807) is 4.90 Å². The predicted molar refractivity (Wildman–Crippen MR) is 42.8 cm³/mol. The Labute approximate surface area is 71.5 Å². The molecule has 0 aliphatic carbocycles. The van der Waals surface area contributed by atoms with Crippen molar-refractivity contribution in [2.75, 3.05) is 19.7 Å². The fourth-order valence-electron chi connectivity index (χ4n) is 1.19. The summed E-state index contributed by atoms with van der Waals surface area (Å²) in [5.41, 5.74) is 0. The highest BCUT2D eigenvalue weighted by Crippen LogP contribution is 2.08. The largest absolute Gasteiger partial charge is 0.449 e. The van der Waals surface area contributed by atoms with Gasteiger partial charge in [-0.05, 0) is 12.8 Å². The number of carbonyl (C=O) groups is 2. The first-order valence-corrected chi connectivity index (χ1v) is 4.20. The van der Waals surface area contributed by atoms with E-state index in [0.717, 1.165) is 32.2 Å². The first-order valence-electron chi connectivity index (χ1n) is 4.20. The average Bonchev–Trinajstić information content (AvgIpc) is 2.56. The Balaban J connectivity index is 2.14. The number of rotatable bonds is 3. The third-order valence-corrected chi connectivity index (χ3v) is 1.83. The summed E-state index contributed by atoms with van der Waals surface area (Å²) in [5.74, 6) is 0. The van der Waals surface area contributed by atoms with E-state index in [9.17, 15) is 9.59 Å². The van der Waals surface area contributed by atoms with Crippen molar-refractivity contribution in [1.82, 2.24) is 4.90 Å². The summed E-state index contributed by atoms with van der Waals surface area (Å²) in [6.07, 6.45) is 2.87. The Morgan fingerprint density at radius 2 is 2.08 bits per heavy atom. The van der Waals surface area contributed by atoms with Crippen LogP contribution < -0.4 is 0 Å². The molecule has 0 spiro atoms. The maximum atomic E-state index is 11.1. The van der Waals surface area contributed by atoms with Crippen LogP contribution in [0.1, 0.15) is 19.3 Å². The molecule has 0 bridgehead atoms. The fourth-order valence-corrected chi connectivity index (χ4v) is 1.19. The van der Waals surface area contributed by atoms with E-state index in [0.29, 0.717) is 6.42 Å². The summed E-state index contributed by atoms with van der Waals surface area (Å²) in [4.78, 5) is 22.7. The van der Waals surface area contributed by atoms with E-state index in [1.807, 2.05) is 0 Å². The van der Waals surface area contributed by atoms with Crippen molar-refractivity contribution in [1.29, 1.82) is 0 Å². The number of likely N-dealkylation sites (tertiary alicyclic amines) is 1. The van der Waals surface area contributed by atoms with E-state index in [-0.39, 0.29) is 12.7 Å². The fraction of sp³-hybridized carbons (Fsp3) is 0.750. The minimum Gasteiger partial charge on any atom is -0.449 e. The zero-order chi connectivity index (χ0) is 8.81. The molecule has 4 nitrogen and oxygen atoms in total. The lowest BCUT2D eigenvalue weighted by Crippen LogP contribution is -2.28. The van der Waals surface area contributed by atoms with Gasteiger partial charge in [-0.2, -0.15) is 0 Å². The SMILES string of the molecule is O=CCCOC(=O)N1CCCC1. The van der Waals surface area contributed by atoms with E-state index >= 15 is 0 Å². The molecule has 1 fully saturated rings. The van der Waals surface area contributed by atoms with Crippen LogP contribution in [0.15, 0.2) is 0 Å². The molecular formula is C8H13NO3. The van der Waals surface area contributed by atoms with Crippen LogP contribution >= 0.6 is 0 Å². The standard InChI is InChI=1S/C8H13NO3/c10-6-3-7-12-8(11)9-4-1-2-5-9/h6H,1-5,7H2. The molecular weight excluding hydrogens is 158 g/mol. The molecule has 1 heterocycles. The normalized spacial score (nSPS) is 16.2. The van der Waals surface area contributed by atoms with E-state index < -0.39 is 0 Å². The van der Waals surface area contributed by atoms with Gasteiger partial charge in [0, 0.05) is 19.5 Å². The van der Waals surface area contributed by atoms with Gasteiger partial charge in [0.15, 0.2) is 0 Å². The van der Waals surface area contributed by atoms with Gasteiger partial charge >= 0.3 is 6.09 Å². The maximum absolute atomic E-state index is 11.1. The topological polar surface area (TPSA) is 46.6 Å². The zero-order valence-corrected chi connectivity index (χ0v) is 6.99. The highest BCUT2D eigenvalue weighted by Gasteiger charge is 2.18. The third kappa shape index (κ3) is 2.53. The molecule has 0 aromatic heterocycles. The van der Waals surface area contributed by atoms with Crippen molar-refractivity contribution in [3.05, 3.63) is 0 Å². The highest BCUT2D eigenvalue weighted by atomic mass is 16.6. The first kappa shape index (κ1) is 9.03. The second-order valence-corrected chi connectivity index (χ2v) is 2.76. The monoisotopic (exact) mass is 171 g/mol. The molecule has 1 aliphatic heterocycles. The minimum absolute atomic E-state index is 0.207. The van der Waals surface area contributed by atoms with Crippen LogP contribution in [0.4, 0.5) is 4.79 Å². The number of ether oxygens (including phenoxy) is 1. The van der Waals surface area contributed by atoms with Crippen LogP contribution in [0.2, 0.25) is 0 Å². The van der Waals surface area contributed by atoms with Gasteiger partial charge in [-0.25, -0.2) is 4.79 Å². The lowest BCUT2D eigenvalue weighted by molar-refractivity contribution is -0.108. The summed E-state index contributed by atoms with van der Waals surface area (Å²) in [5, 5.41) is 0. The van der Waals surface area contributed by atoms with Crippen molar-refractivity contribution in [3.8, 4) is 0 Å². The average molecular weight is 171 g/mol. The third-order valence-electron chi connectivity index (χ3n) is 1.83. The molecule has 0 N–H and O–H groups in total. The summed E-state index contributed by atoms with van der Waals surface area (Å²) in [7, 11) is 0. The van der Waals surface area contributed by atoms with Crippen LogP contribution in [0, 0.1) is 0 Å². The Hall–Kier alpha value is -1.06. The Morgan fingerprint density at radius 3 is 2.67 bits per heavy atom. The molecule has 0 unspecified atom stereocenters. The van der Waals surface area contributed by atoms with Crippen molar-refractivity contribution < 1.29 is 14.3 Å². The Morgan fingerprint density at radius 1 is 1.42 bits per heavy atom. The van der Waals surface area contributed by atoms with Crippen LogP contribution in [0.5, 0.6) is 0 Å². The molecule has 1 amide bonds. The molecule has 0 aromatic carbocycles. The number of aldehydes is 1. The van der Waals surface area contributed by atoms with Gasteiger partial charge in [0.25, 0.3) is 0 Å². The van der Waals surface area contributed by atoms with Gasteiger partial charge in [0.05, 0.1) is 6.61 Å². The summed E-state index contributed by atoms with van der Waals surface area (Å²) in [6, 6.07) is 0. The number of hydrogen-bond acceptors (Lipinski definition) is 3. The van der Waals surface area contributed by atoms with E-state index in [4.69, 9.17) is 4.74 Å². The summed E-state index contributed by atoms with van der Waals surface area (Å²) >= 11 is 0. The molecule has 0 atom stereocenters. The second kappa shape index (κ2) is 4.74. The van der Waals surface area contributed by atoms with E-state index in [1.165, 1.54) is 0 Å². The number of nitrogens with zero attached hydrogens (tertiary/aromatic N) is 1. The Bertz CT molecular complexity index is 164. The molecule has 1 saturated heterocycles. The second-order valence-electron chi connectivity index (χ2n) is 2.76. The summed E-state index contributed by atoms with van der Waals surface area (Å²) in [6.45, 7) is 1.79. The van der Waals surface area contributed by atoms with Crippen LogP contribution in [-0.4, -0.2) is 37.0 Å². The Kier molecular flexibility index (Phi) is 3.57. The molecule has 1 aliphatic rings. The summed E-state index contributed by atoms with van der Waals surface area (Å²) < 4.78 is 4.82. The molecule has 4 heteroatoms. The number of amides is 1. The molecule has 0 radical (unpaired) electrons. The lowest BCUT2D eigenvalue weighted by Gasteiger charge is -2.13. The molecule has 0 saturated carbocycles. The van der Waals surface area contributed by atoms with Crippen molar-refractivity contribution in [3.63, 3.8) is 0 Å². The zero-order valence-electron chi connectivity index (χ0n) is 6.99. The van der Waals surface area contributed by atoms with Gasteiger partial charge in [-0.3, -0.25) is 0 Å². The highest BCUT2D eigenvalue weighted by molar-refractivity contribution is 5.68. The first-order chi connectivity index (χ1) is 5.84. The molecule has 1 rings (SSSR count). The van der Waals surface area contributed by atoms with Gasteiger partial charge in [0.2, 0.25) is 0 Å². The molecule has 12 heavy (non-hydrogen) atoms. The molecule has 0 aromatic rings. The minimum atomic E-state index is -0.283. The predicted octanol–water partition coefficient (Wildman–Crippen LogP) is 0.808. The number of hydrogen-bond donors (Lipinski definition) is 0. The quantitative estimate of drug-likeness (QED) is 0.466. The van der Waals surface area contributed by atoms with Crippen LogP contribution in [0.25, 0.3) is 0 Å². The van der Waals surface area contributed by atoms with Gasteiger partial charge < -0.3 is 14.4 Å². The van der Waals surface area contributed by atoms with Gasteiger partial charge in [-0.1, -0.05) is 0 Å². The molecule has 68 valence electrons. The van der Waals surface area contributed by atoms with Crippen molar-refractivity contribution >= 4 is 12.4 Å². The van der Waals surface area contributed by atoms with Gasteiger partial charge in [0.1, 0.15) is 6.29 Å². The van der Waals surface area contributed by atoms with E-state index in [2.05, 4.69) is 0 Å².